The zero-order valence-electron chi connectivity index (χ0n) is 15.4. The molecule has 0 bridgehead atoms. The Bertz CT molecular complexity index is 832. The van der Waals surface area contributed by atoms with Crippen LogP contribution in [0.15, 0.2) is 29.4 Å². The molecule has 0 aliphatic rings. The van der Waals surface area contributed by atoms with Gasteiger partial charge >= 0.3 is 12.8 Å². The molecule has 2 aromatic rings. The van der Waals surface area contributed by atoms with Crippen molar-refractivity contribution in [1.82, 2.24) is 20.4 Å². The zero-order valence-corrected chi connectivity index (χ0v) is 15.4. The van der Waals surface area contributed by atoms with Gasteiger partial charge in [-0.15, -0.1) is 0 Å². The Kier molecular flexibility index (Phi) is 6.81. The van der Waals surface area contributed by atoms with Gasteiger partial charge in [-0.05, 0) is 13.0 Å². The first kappa shape index (κ1) is 21.5. The monoisotopic (exact) mass is 405 g/mol. The fraction of sp³-hybridized carbons (Fsp3) is 0.412. The normalized spacial score (nSPS) is 12.4. The molecule has 11 heteroatoms. The first-order valence-corrected chi connectivity index (χ1v) is 8.18. The number of guanidine groups is 1. The van der Waals surface area contributed by atoms with E-state index in [1.54, 1.807) is 19.1 Å². The minimum Gasteiger partial charge on any atom is -0.434 e. The Morgan fingerprint density at radius 2 is 1.86 bits per heavy atom. The molecule has 0 amide bonds. The summed E-state index contributed by atoms with van der Waals surface area (Å²) in [5.41, 5.74) is 0.270. The predicted molar refractivity (Wildman–Crippen MR) is 93.1 cm³/mol. The summed E-state index contributed by atoms with van der Waals surface area (Å²) < 4.78 is 69.6. The third-order valence-electron chi connectivity index (χ3n) is 3.72. The topological polar surface area (TPSA) is 63.5 Å². The SMILES string of the molecule is CN=C(NCc1cc(C)ccc1OC(F)F)NCc1cn(C)nc1C(F)(F)F. The summed E-state index contributed by atoms with van der Waals surface area (Å²) >= 11 is 0. The van der Waals surface area contributed by atoms with E-state index in [1.807, 2.05) is 0 Å². The summed E-state index contributed by atoms with van der Waals surface area (Å²) in [6.45, 7) is -1.26. The van der Waals surface area contributed by atoms with Gasteiger partial charge in [0.15, 0.2) is 11.7 Å². The molecule has 1 heterocycles. The number of ether oxygens (including phenoxy) is 1. The molecular weight excluding hydrogens is 385 g/mol. The quantitative estimate of drug-likeness (QED) is 0.440. The van der Waals surface area contributed by atoms with Crippen LogP contribution in [0.5, 0.6) is 5.75 Å². The highest BCUT2D eigenvalue weighted by molar-refractivity contribution is 5.79. The Morgan fingerprint density at radius 3 is 2.43 bits per heavy atom. The van der Waals surface area contributed by atoms with Crippen LogP contribution in [0, 0.1) is 6.92 Å². The smallest absolute Gasteiger partial charge is 0.434 e. The van der Waals surface area contributed by atoms with Gasteiger partial charge in [-0.2, -0.15) is 27.1 Å². The van der Waals surface area contributed by atoms with E-state index < -0.39 is 18.5 Å². The highest BCUT2D eigenvalue weighted by Crippen LogP contribution is 2.30. The van der Waals surface area contributed by atoms with E-state index in [-0.39, 0.29) is 30.4 Å². The zero-order chi connectivity index (χ0) is 20.9. The van der Waals surface area contributed by atoms with Crippen molar-refractivity contribution in [2.24, 2.45) is 12.0 Å². The first-order valence-electron chi connectivity index (χ1n) is 8.18. The average Bonchev–Trinajstić information content (AvgIpc) is 2.98. The highest BCUT2D eigenvalue weighted by atomic mass is 19.4. The second-order valence-corrected chi connectivity index (χ2v) is 5.94. The van der Waals surface area contributed by atoms with E-state index in [4.69, 9.17) is 0 Å². The second-order valence-electron chi connectivity index (χ2n) is 5.94. The van der Waals surface area contributed by atoms with E-state index in [0.717, 1.165) is 10.2 Å². The van der Waals surface area contributed by atoms with Crippen LogP contribution < -0.4 is 15.4 Å². The molecule has 0 aliphatic carbocycles. The van der Waals surface area contributed by atoms with Crippen LogP contribution in [0.2, 0.25) is 0 Å². The van der Waals surface area contributed by atoms with Crippen molar-refractivity contribution >= 4 is 5.96 Å². The summed E-state index contributed by atoms with van der Waals surface area (Å²) in [7, 11) is 2.84. The maximum absolute atomic E-state index is 13.0. The lowest BCUT2D eigenvalue weighted by Gasteiger charge is -2.15. The lowest BCUT2D eigenvalue weighted by atomic mass is 10.1. The van der Waals surface area contributed by atoms with Crippen molar-refractivity contribution in [3.05, 3.63) is 46.8 Å². The largest absolute Gasteiger partial charge is 0.435 e. The number of aryl methyl sites for hydroxylation is 2. The highest BCUT2D eigenvalue weighted by Gasteiger charge is 2.36. The summed E-state index contributed by atoms with van der Waals surface area (Å²) in [6, 6.07) is 4.73. The molecule has 154 valence electrons. The first-order chi connectivity index (χ1) is 13.1. The molecule has 0 radical (unpaired) electrons. The number of nitrogens with zero attached hydrogens (tertiary/aromatic N) is 3. The maximum atomic E-state index is 13.0. The van der Waals surface area contributed by atoms with Crippen LogP contribution >= 0.6 is 0 Å². The number of aromatic nitrogens is 2. The Labute approximate surface area is 158 Å². The number of rotatable bonds is 6. The second kappa shape index (κ2) is 8.89. The van der Waals surface area contributed by atoms with Gasteiger partial charge in [0.05, 0.1) is 0 Å². The van der Waals surface area contributed by atoms with Crippen LogP contribution in [-0.4, -0.2) is 29.4 Å². The van der Waals surface area contributed by atoms with Crippen LogP contribution in [-0.2, 0) is 26.3 Å². The van der Waals surface area contributed by atoms with Gasteiger partial charge in [-0.1, -0.05) is 17.7 Å². The molecule has 0 spiro atoms. The molecule has 0 fully saturated rings. The lowest BCUT2D eigenvalue weighted by Crippen LogP contribution is -2.36. The Morgan fingerprint density at radius 1 is 1.21 bits per heavy atom. The number of nitrogens with one attached hydrogen (secondary N) is 2. The fourth-order valence-electron chi connectivity index (χ4n) is 2.54. The maximum Gasteiger partial charge on any atom is 0.435 e. The van der Waals surface area contributed by atoms with Crippen molar-refractivity contribution in [2.45, 2.75) is 32.8 Å². The van der Waals surface area contributed by atoms with Crippen molar-refractivity contribution in [2.75, 3.05) is 7.05 Å². The number of hydrogen-bond donors (Lipinski definition) is 2. The van der Waals surface area contributed by atoms with Crippen LogP contribution in [0.4, 0.5) is 22.0 Å². The van der Waals surface area contributed by atoms with Gasteiger partial charge < -0.3 is 15.4 Å². The third kappa shape index (κ3) is 5.83. The van der Waals surface area contributed by atoms with Crippen LogP contribution in [0.25, 0.3) is 0 Å². The van der Waals surface area contributed by atoms with E-state index in [1.165, 1.54) is 26.4 Å². The molecule has 0 atom stereocenters. The standard InChI is InChI=1S/C17H20F5N5O/c1-10-4-5-13(28-15(18)19)11(6-10)7-24-16(23-2)25-8-12-9-27(3)26-14(12)17(20,21)22/h4-6,9,15H,7-8H2,1-3H3,(H2,23,24,25). The van der Waals surface area contributed by atoms with E-state index in [2.05, 4.69) is 25.5 Å². The predicted octanol–water partition coefficient (Wildman–Crippen LogP) is 3.21. The van der Waals surface area contributed by atoms with Crippen LogP contribution in [0.1, 0.15) is 22.4 Å². The Balaban J connectivity index is 2.04. The average molecular weight is 405 g/mol. The van der Waals surface area contributed by atoms with Crippen molar-refractivity contribution in [1.29, 1.82) is 0 Å². The number of alkyl halides is 5. The van der Waals surface area contributed by atoms with Gasteiger partial charge in [-0.25, -0.2) is 0 Å². The van der Waals surface area contributed by atoms with Crippen molar-refractivity contribution in [3.63, 3.8) is 0 Å². The van der Waals surface area contributed by atoms with Crippen molar-refractivity contribution < 1.29 is 26.7 Å². The number of halogens is 5. The number of aliphatic imine (C=N–C) groups is 1. The van der Waals surface area contributed by atoms with Crippen molar-refractivity contribution in [3.8, 4) is 5.75 Å². The summed E-state index contributed by atoms with van der Waals surface area (Å²) in [4.78, 5) is 3.93. The molecule has 6 nitrogen and oxygen atoms in total. The van der Waals surface area contributed by atoms with Gasteiger partial charge in [0.2, 0.25) is 0 Å². The van der Waals surface area contributed by atoms with E-state index in [0.29, 0.717) is 5.56 Å². The molecule has 2 N–H and O–H groups in total. The fourth-order valence-corrected chi connectivity index (χ4v) is 2.54. The van der Waals surface area contributed by atoms with Gasteiger partial charge in [0.1, 0.15) is 5.75 Å². The Hall–Kier alpha value is -2.85. The van der Waals surface area contributed by atoms with E-state index in [9.17, 15) is 22.0 Å². The third-order valence-corrected chi connectivity index (χ3v) is 3.72. The lowest BCUT2D eigenvalue weighted by molar-refractivity contribution is -0.142. The van der Waals surface area contributed by atoms with E-state index >= 15 is 0 Å². The molecular formula is C17H20F5N5O. The minimum atomic E-state index is -4.57. The summed E-state index contributed by atoms with van der Waals surface area (Å²) in [5.74, 6) is 0.205. The molecule has 1 aromatic heterocycles. The molecule has 0 aliphatic heterocycles. The minimum absolute atomic E-state index is 0.00942. The van der Waals surface area contributed by atoms with Gasteiger partial charge in [0, 0.05) is 44.5 Å². The number of benzene rings is 1. The summed E-state index contributed by atoms with van der Waals surface area (Å²) in [5, 5.41) is 9.05. The van der Waals surface area contributed by atoms with Gasteiger partial charge in [0.25, 0.3) is 0 Å². The molecule has 0 saturated carbocycles. The summed E-state index contributed by atoms with van der Waals surface area (Å²) in [6.07, 6.45) is -3.31. The molecule has 2 rings (SSSR count). The van der Waals surface area contributed by atoms with Crippen LogP contribution in [0.3, 0.4) is 0 Å². The molecule has 1 aromatic carbocycles. The molecule has 0 unspecified atom stereocenters. The number of hydrogen-bond acceptors (Lipinski definition) is 3. The molecule has 0 saturated heterocycles. The molecule has 28 heavy (non-hydrogen) atoms. The van der Waals surface area contributed by atoms with Gasteiger partial charge in [-0.3, -0.25) is 9.67 Å².